The zero-order valence-electron chi connectivity index (χ0n) is 7.56. The van der Waals surface area contributed by atoms with Gasteiger partial charge in [0.2, 0.25) is 5.24 Å². The predicted octanol–water partition coefficient (Wildman–Crippen LogP) is 2.34. The molecule has 0 bridgehead atoms. The van der Waals surface area contributed by atoms with E-state index in [0.29, 0.717) is 0 Å². The van der Waals surface area contributed by atoms with E-state index < -0.39 is 19.2 Å². The summed E-state index contributed by atoms with van der Waals surface area (Å²) in [4.78, 5) is 10.8. The first kappa shape index (κ1) is 12.7. The van der Waals surface area contributed by atoms with Crippen molar-refractivity contribution in [2.45, 2.75) is 15.5 Å². The third-order valence-corrected chi connectivity index (χ3v) is 5.45. The van der Waals surface area contributed by atoms with Gasteiger partial charge >= 0.3 is 0 Å². The Labute approximate surface area is 101 Å². The molecule has 0 radical (unpaired) electrons. The van der Waals surface area contributed by atoms with Crippen LogP contribution in [0.2, 0.25) is 0 Å². The second kappa shape index (κ2) is 5.09. The van der Waals surface area contributed by atoms with Crippen LogP contribution in [0.15, 0.2) is 35.2 Å². The first-order valence-electron chi connectivity index (χ1n) is 4.06. The summed E-state index contributed by atoms with van der Waals surface area (Å²) in [6, 6.07) is 7.91. The van der Waals surface area contributed by atoms with Gasteiger partial charge < -0.3 is 0 Å². The topological polar surface area (TPSA) is 51.2 Å². The summed E-state index contributed by atoms with van der Waals surface area (Å²) in [6.07, 6.45) is -0.251. The number of rotatable bonds is 4. The Hall–Kier alpha value is -0.390. The van der Waals surface area contributed by atoms with E-state index in [-0.39, 0.29) is 11.3 Å². The van der Waals surface area contributed by atoms with Crippen LogP contribution in [-0.2, 0) is 14.6 Å². The van der Waals surface area contributed by atoms with Crippen LogP contribution in [0.25, 0.3) is 0 Å². The molecule has 0 aliphatic carbocycles. The quantitative estimate of drug-likeness (QED) is 0.633. The lowest BCUT2D eigenvalue weighted by Gasteiger charge is -2.08. The number of carbonyl (C=O) groups excluding carboxylic acids is 1. The van der Waals surface area contributed by atoms with E-state index >= 15 is 0 Å². The number of hydrogen-bond acceptors (Lipinski definition) is 3. The second-order valence-corrected chi connectivity index (χ2v) is 7.09. The molecule has 0 fully saturated rings. The van der Waals surface area contributed by atoms with Gasteiger partial charge in [0.25, 0.3) is 0 Å². The maximum Gasteiger partial charge on any atom is 0.223 e. The number of alkyl halides is 1. The molecule has 0 amide bonds. The molecule has 6 heteroatoms. The average molecular weight is 312 g/mol. The van der Waals surface area contributed by atoms with Crippen molar-refractivity contribution in [2.75, 3.05) is 0 Å². The molecule has 0 saturated carbocycles. The molecule has 0 N–H and O–H groups in total. The monoisotopic (exact) mass is 310 g/mol. The summed E-state index contributed by atoms with van der Waals surface area (Å²) in [6.45, 7) is 0. The largest absolute Gasteiger partial charge is 0.281 e. The van der Waals surface area contributed by atoms with Crippen LogP contribution in [0.3, 0.4) is 0 Å². The predicted molar refractivity (Wildman–Crippen MR) is 61.8 cm³/mol. The maximum absolute atomic E-state index is 11.8. The van der Waals surface area contributed by atoms with E-state index in [1.807, 2.05) is 0 Å². The van der Waals surface area contributed by atoms with Crippen LogP contribution in [0.5, 0.6) is 0 Å². The van der Waals surface area contributed by atoms with E-state index in [1.165, 1.54) is 12.1 Å². The molecule has 0 aliphatic rings. The Morgan fingerprint density at radius 3 is 2.33 bits per heavy atom. The number of benzene rings is 1. The lowest BCUT2D eigenvalue weighted by atomic mass is 10.4. The van der Waals surface area contributed by atoms with E-state index in [4.69, 9.17) is 11.6 Å². The lowest BCUT2D eigenvalue weighted by molar-refractivity contribution is -0.111. The summed E-state index contributed by atoms with van der Waals surface area (Å²) in [5.74, 6) is 0. The van der Waals surface area contributed by atoms with Gasteiger partial charge in [0.05, 0.1) is 4.90 Å². The molecule has 1 rings (SSSR count). The van der Waals surface area contributed by atoms with Crippen molar-refractivity contribution in [3.63, 3.8) is 0 Å². The highest BCUT2D eigenvalue weighted by Crippen LogP contribution is 2.23. The fourth-order valence-corrected chi connectivity index (χ4v) is 3.57. The average Bonchev–Trinajstić information content (AvgIpc) is 2.18. The maximum atomic E-state index is 11.8. The van der Waals surface area contributed by atoms with Crippen molar-refractivity contribution in [3.8, 4) is 0 Å². The molecule has 0 heterocycles. The van der Waals surface area contributed by atoms with Crippen molar-refractivity contribution in [1.29, 1.82) is 0 Å². The Morgan fingerprint density at radius 1 is 1.33 bits per heavy atom. The number of carbonyl (C=O) groups is 1. The van der Waals surface area contributed by atoms with Crippen LogP contribution in [0.4, 0.5) is 0 Å². The van der Waals surface area contributed by atoms with Crippen molar-refractivity contribution in [2.24, 2.45) is 0 Å². The summed E-state index contributed by atoms with van der Waals surface area (Å²) in [7, 11) is -3.52. The number of hydrogen-bond donors (Lipinski definition) is 0. The molecule has 1 aromatic rings. The second-order valence-electron chi connectivity index (χ2n) is 2.83. The van der Waals surface area contributed by atoms with E-state index in [1.54, 1.807) is 18.2 Å². The zero-order chi connectivity index (χ0) is 11.5. The van der Waals surface area contributed by atoms with Gasteiger partial charge in [0, 0.05) is 6.42 Å². The van der Waals surface area contributed by atoms with E-state index in [2.05, 4.69) is 15.9 Å². The van der Waals surface area contributed by atoms with Gasteiger partial charge in [0.1, 0.15) is 4.16 Å². The molecule has 0 aromatic heterocycles. The van der Waals surface area contributed by atoms with Crippen LogP contribution < -0.4 is 0 Å². The number of halogens is 2. The molecule has 0 saturated heterocycles. The molecule has 0 spiro atoms. The van der Waals surface area contributed by atoms with Gasteiger partial charge in [0.15, 0.2) is 9.84 Å². The summed E-state index contributed by atoms with van der Waals surface area (Å²) in [5.41, 5.74) is 0. The standard InChI is InChI=1S/C9H8BrClO3S/c10-8(6-9(11)12)15(13,14)7-4-2-1-3-5-7/h1-5,8H,6H2. The van der Waals surface area contributed by atoms with Gasteiger partial charge in [-0.25, -0.2) is 8.42 Å². The Bertz CT molecular complexity index is 444. The van der Waals surface area contributed by atoms with Crippen LogP contribution in [-0.4, -0.2) is 17.8 Å². The first-order chi connectivity index (χ1) is 6.94. The third-order valence-electron chi connectivity index (χ3n) is 1.73. The minimum atomic E-state index is -3.52. The fourth-order valence-electron chi connectivity index (χ4n) is 0.994. The minimum Gasteiger partial charge on any atom is -0.281 e. The first-order valence-corrected chi connectivity index (χ1v) is 6.90. The summed E-state index contributed by atoms with van der Waals surface area (Å²) in [5, 5.41) is -0.684. The van der Waals surface area contributed by atoms with Crippen LogP contribution in [0, 0.1) is 0 Å². The molecular weight excluding hydrogens is 304 g/mol. The van der Waals surface area contributed by atoms with Gasteiger partial charge in [-0.15, -0.1) is 0 Å². The van der Waals surface area contributed by atoms with Crippen LogP contribution in [0.1, 0.15) is 6.42 Å². The molecule has 1 atom stereocenters. The fraction of sp³-hybridized carbons (Fsp3) is 0.222. The molecule has 1 unspecified atom stereocenters. The summed E-state index contributed by atoms with van der Waals surface area (Å²) < 4.78 is 22.6. The van der Waals surface area contributed by atoms with Crippen molar-refractivity contribution in [3.05, 3.63) is 30.3 Å². The van der Waals surface area contributed by atoms with Crippen molar-refractivity contribution >= 4 is 42.6 Å². The Balaban J connectivity index is 2.99. The van der Waals surface area contributed by atoms with E-state index in [0.717, 1.165) is 0 Å². The van der Waals surface area contributed by atoms with Gasteiger partial charge in [-0.05, 0) is 23.7 Å². The van der Waals surface area contributed by atoms with Gasteiger partial charge in [-0.3, -0.25) is 4.79 Å². The smallest absolute Gasteiger partial charge is 0.223 e. The lowest BCUT2D eigenvalue weighted by Crippen LogP contribution is -2.17. The van der Waals surface area contributed by atoms with Crippen molar-refractivity contribution in [1.82, 2.24) is 0 Å². The Kier molecular flexibility index (Phi) is 4.31. The Morgan fingerprint density at radius 2 is 1.87 bits per heavy atom. The molecule has 3 nitrogen and oxygen atoms in total. The normalized spacial score (nSPS) is 13.5. The molecule has 1 aromatic carbocycles. The zero-order valence-corrected chi connectivity index (χ0v) is 10.7. The van der Waals surface area contributed by atoms with Gasteiger partial charge in [-0.2, -0.15) is 0 Å². The molecule has 15 heavy (non-hydrogen) atoms. The highest BCUT2D eigenvalue weighted by atomic mass is 79.9. The van der Waals surface area contributed by atoms with Crippen molar-refractivity contribution < 1.29 is 13.2 Å². The third kappa shape index (κ3) is 3.29. The minimum absolute atomic E-state index is 0.171. The molecule has 82 valence electrons. The SMILES string of the molecule is O=C(Cl)CC(Br)S(=O)(=O)c1ccccc1. The highest BCUT2D eigenvalue weighted by molar-refractivity contribution is 9.11. The summed E-state index contributed by atoms with van der Waals surface area (Å²) >= 11 is 8.08. The molecular formula is C9H8BrClO3S. The highest BCUT2D eigenvalue weighted by Gasteiger charge is 2.26. The molecule has 0 aliphatic heterocycles. The number of sulfone groups is 1. The van der Waals surface area contributed by atoms with Gasteiger partial charge in [-0.1, -0.05) is 34.1 Å². The van der Waals surface area contributed by atoms with Crippen LogP contribution >= 0.6 is 27.5 Å². The van der Waals surface area contributed by atoms with E-state index in [9.17, 15) is 13.2 Å².